The third kappa shape index (κ3) is 3.35. The van der Waals surface area contributed by atoms with Crippen LogP contribution >= 0.6 is 0 Å². The predicted octanol–water partition coefficient (Wildman–Crippen LogP) is 3.21. The highest BCUT2D eigenvalue weighted by molar-refractivity contribution is 6.22. The van der Waals surface area contributed by atoms with Crippen molar-refractivity contribution in [2.45, 2.75) is 12.8 Å². The standard InChI is InChI=1S/C29H26N2O6/c1-36-18-6-2-4-16(11-18)30-14-15(10-24(30)32)29(35)37-19-7-3-5-17(12-19)31-27(33)25-20-8-9-21(23-13-22(20)23)26(25)28(31)34/h2-9,11-12,15,20-23,25-26H,10,13-14H2,1H3. The molecule has 4 fully saturated rings. The Bertz CT molecular complexity index is 1350. The molecule has 2 bridgehead atoms. The Morgan fingerprint density at radius 3 is 2.16 bits per heavy atom. The Morgan fingerprint density at radius 1 is 0.865 bits per heavy atom. The number of anilines is 2. The minimum Gasteiger partial charge on any atom is -0.497 e. The molecule has 8 nitrogen and oxygen atoms in total. The van der Waals surface area contributed by atoms with Gasteiger partial charge in [-0.05, 0) is 54.4 Å². The summed E-state index contributed by atoms with van der Waals surface area (Å²) >= 11 is 0. The van der Waals surface area contributed by atoms with Crippen LogP contribution < -0.4 is 19.3 Å². The number of imide groups is 1. The highest BCUT2D eigenvalue weighted by Crippen LogP contribution is 2.65. The third-order valence-corrected chi connectivity index (χ3v) is 8.78. The van der Waals surface area contributed by atoms with E-state index >= 15 is 0 Å². The van der Waals surface area contributed by atoms with E-state index in [1.807, 2.05) is 0 Å². The number of carbonyl (C=O) groups excluding carboxylic acids is 4. The first-order valence-corrected chi connectivity index (χ1v) is 12.8. The van der Waals surface area contributed by atoms with Gasteiger partial charge in [0.05, 0.1) is 30.6 Å². The molecule has 0 spiro atoms. The largest absolute Gasteiger partial charge is 0.497 e. The van der Waals surface area contributed by atoms with Crippen molar-refractivity contribution in [2.75, 3.05) is 23.5 Å². The molecular formula is C29H26N2O6. The normalized spacial score (nSPS) is 33.0. The maximum Gasteiger partial charge on any atom is 0.316 e. The molecule has 37 heavy (non-hydrogen) atoms. The Balaban J connectivity index is 1.07. The fourth-order valence-electron chi connectivity index (χ4n) is 6.99. The summed E-state index contributed by atoms with van der Waals surface area (Å²) in [5, 5.41) is 0. The molecule has 2 heterocycles. The molecule has 2 saturated carbocycles. The molecule has 8 rings (SSSR count). The molecule has 0 radical (unpaired) electrons. The number of esters is 1. The quantitative estimate of drug-likeness (QED) is 0.272. The van der Waals surface area contributed by atoms with Gasteiger partial charge in [0.15, 0.2) is 0 Å². The summed E-state index contributed by atoms with van der Waals surface area (Å²) in [6.45, 7) is 0.203. The van der Waals surface area contributed by atoms with Gasteiger partial charge in [0.2, 0.25) is 17.7 Å². The molecule has 188 valence electrons. The van der Waals surface area contributed by atoms with Crippen LogP contribution in [0.25, 0.3) is 0 Å². The van der Waals surface area contributed by atoms with Crippen LogP contribution in [0.5, 0.6) is 11.5 Å². The van der Waals surface area contributed by atoms with Gasteiger partial charge in [-0.15, -0.1) is 0 Å². The Morgan fingerprint density at radius 2 is 1.49 bits per heavy atom. The zero-order chi connectivity index (χ0) is 25.4. The first kappa shape index (κ1) is 22.3. The van der Waals surface area contributed by atoms with Crippen molar-refractivity contribution in [3.8, 4) is 11.5 Å². The molecule has 7 unspecified atom stereocenters. The average molecular weight is 499 g/mol. The molecule has 0 aromatic heterocycles. The highest BCUT2D eigenvalue weighted by atomic mass is 16.5. The molecule has 4 aliphatic carbocycles. The number of carbonyl (C=O) groups is 4. The van der Waals surface area contributed by atoms with Crippen molar-refractivity contribution in [3.63, 3.8) is 0 Å². The monoisotopic (exact) mass is 498 g/mol. The number of ether oxygens (including phenoxy) is 2. The SMILES string of the molecule is COc1cccc(N2CC(C(=O)Oc3cccc(N4C(=O)C5C6C=CC(C7CC67)C5C4=O)c3)CC2=O)c1. The lowest BCUT2D eigenvalue weighted by Gasteiger charge is -2.37. The number of rotatable bonds is 5. The number of benzene rings is 2. The van der Waals surface area contributed by atoms with Crippen molar-refractivity contribution in [1.29, 1.82) is 0 Å². The molecule has 0 N–H and O–H groups in total. The van der Waals surface area contributed by atoms with Gasteiger partial charge >= 0.3 is 5.97 Å². The van der Waals surface area contributed by atoms with Gasteiger partial charge in [-0.2, -0.15) is 0 Å². The minimum atomic E-state index is -0.631. The van der Waals surface area contributed by atoms with Crippen LogP contribution in [0.15, 0.2) is 60.7 Å². The van der Waals surface area contributed by atoms with Crippen LogP contribution in [0.3, 0.4) is 0 Å². The predicted molar refractivity (Wildman–Crippen MR) is 133 cm³/mol. The molecule has 2 aromatic rings. The van der Waals surface area contributed by atoms with E-state index < -0.39 is 11.9 Å². The van der Waals surface area contributed by atoms with E-state index in [2.05, 4.69) is 12.2 Å². The zero-order valence-electron chi connectivity index (χ0n) is 20.3. The molecule has 8 heteroatoms. The molecule has 2 aliphatic heterocycles. The van der Waals surface area contributed by atoms with E-state index in [0.717, 1.165) is 6.42 Å². The van der Waals surface area contributed by atoms with Gasteiger partial charge in [0, 0.05) is 30.8 Å². The first-order chi connectivity index (χ1) is 17.9. The van der Waals surface area contributed by atoms with Gasteiger partial charge in [-0.25, -0.2) is 4.90 Å². The summed E-state index contributed by atoms with van der Waals surface area (Å²) in [7, 11) is 1.56. The van der Waals surface area contributed by atoms with Crippen LogP contribution in [-0.4, -0.2) is 37.3 Å². The summed E-state index contributed by atoms with van der Waals surface area (Å²) in [4.78, 5) is 55.3. The van der Waals surface area contributed by atoms with Crippen molar-refractivity contribution in [3.05, 3.63) is 60.7 Å². The van der Waals surface area contributed by atoms with Crippen LogP contribution in [-0.2, 0) is 19.2 Å². The molecular weight excluding hydrogens is 472 g/mol. The molecule has 3 amide bonds. The lowest BCUT2D eigenvalue weighted by Crippen LogP contribution is -2.40. The van der Waals surface area contributed by atoms with Crippen LogP contribution in [0.2, 0.25) is 0 Å². The van der Waals surface area contributed by atoms with Crippen molar-refractivity contribution in [2.24, 2.45) is 41.4 Å². The number of nitrogens with zero attached hydrogens (tertiary/aromatic N) is 2. The Hall–Kier alpha value is -3.94. The van der Waals surface area contributed by atoms with Gasteiger partial charge in [0.1, 0.15) is 11.5 Å². The number of methoxy groups -OCH3 is 1. The van der Waals surface area contributed by atoms with Crippen molar-refractivity contribution >= 4 is 35.1 Å². The summed E-state index contributed by atoms with van der Waals surface area (Å²) in [5.41, 5.74) is 1.08. The minimum absolute atomic E-state index is 0.0420. The van der Waals surface area contributed by atoms with Gasteiger partial charge in [-0.3, -0.25) is 19.2 Å². The number of amides is 3. The van der Waals surface area contributed by atoms with Gasteiger partial charge < -0.3 is 14.4 Å². The molecule has 2 saturated heterocycles. The Kier molecular flexibility index (Phi) is 4.83. The molecule has 6 aliphatic rings. The summed E-state index contributed by atoms with van der Waals surface area (Å²) in [5.74, 6) is 0.0301. The summed E-state index contributed by atoms with van der Waals surface area (Å²) in [6.07, 6.45) is 5.44. The maximum atomic E-state index is 13.4. The van der Waals surface area contributed by atoms with Gasteiger partial charge in [0.25, 0.3) is 0 Å². The molecule has 2 aromatic carbocycles. The first-order valence-electron chi connectivity index (χ1n) is 12.8. The van der Waals surface area contributed by atoms with Crippen LogP contribution in [0.1, 0.15) is 12.8 Å². The lowest BCUT2D eigenvalue weighted by molar-refractivity contribution is -0.139. The Labute approximate surface area is 213 Å². The van der Waals surface area contributed by atoms with E-state index in [1.165, 1.54) is 4.90 Å². The molecule has 7 atom stereocenters. The average Bonchev–Trinajstić information content (AvgIpc) is 3.58. The van der Waals surface area contributed by atoms with E-state index in [-0.39, 0.29) is 60.1 Å². The fraction of sp³-hybridized carbons (Fsp3) is 0.379. The van der Waals surface area contributed by atoms with Crippen LogP contribution in [0.4, 0.5) is 11.4 Å². The summed E-state index contributed by atoms with van der Waals surface area (Å²) < 4.78 is 10.9. The number of hydrogen-bond acceptors (Lipinski definition) is 6. The van der Waals surface area contributed by atoms with Crippen molar-refractivity contribution < 1.29 is 28.7 Å². The van der Waals surface area contributed by atoms with Crippen molar-refractivity contribution in [1.82, 2.24) is 0 Å². The van der Waals surface area contributed by atoms with Gasteiger partial charge in [-0.1, -0.05) is 24.3 Å². The van der Waals surface area contributed by atoms with Crippen LogP contribution in [0, 0.1) is 41.4 Å². The third-order valence-electron chi connectivity index (χ3n) is 8.78. The van der Waals surface area contributed by atoms with E-state index in [1.54, 1.807) is 60.5 Å². The summed E-state index contributed by atoms with van der Waals surface area (Å²) in [6, 6.07) is 13.7. The second-order valence-corrected chi connectivity index (χ2v) is 10.7. The highest BCUT2D eigenvalue weighted by Gasteiger charge is 2.67. The lowest BCUT2D eigenvalue weighted by atomic mass is 9.63. The van der Waals surface area contributed by atoms with E-state index in [9.17, 15) is 19.2 Å². The topological polar surface area (TPSA) is 93.2 Å². The smallest absolute Gasteiger partial charge is 0.316 e. The number of hydrogen-bond donors (Lipinski definition) is 0. The van der Waals surface area contributed by atoms with E-state index in [4.69, 9.17) is 9.47 Å². The second kappa shape index (κ2) is 8.03. The zero-order valence-corrected chi connectivity index (χ0v) is 20.3. The fourth-order valence-corrected chi connectivity index (χ4v) is 6.99. The maximum absolute atomic E-state index is 13.4. The second-order valence-electron chi connectivity index (χ2n) is 10.7. The van der Waals surface area contributed by atoms with E-state index in [0.29, 0.717) is 29.0 Å². The number of allylic oxidation sites excluding steroid dienone is 2.